The van der Waals surface area contributed by atoms with Gasteiger partial charge in [0.1, 0.15) is 0 Å². The van der Waals surface area contributed by atoms with Crippen LogP contribution in [0.4, 0.5) is 5.69 Å². The van der Waals surface area contributed by atoms with Crippen molar-refractivity contribution in [3.8, 4) is 5.69 Å². The van der Waals surface area contributed by atoms with Gasteiger partial charge < -0.3 is 15.0 Å². The SMILES string of the molecule is CCOC(=O)CCc1ccc2c(c1)c(CCc1ccccc1)cn2-c1cccc(N)c1. The van der Waals surface area contributed by atoms with Crippen LogP contribution in [0.15, 0.2) is 79.0 Å². The maximum atomic E-state index is 11.8. The molecular formula is C27H28N2O2. The number of benzene rings is 3. The summed E-state index contributed by atoms with van der Waals surface area (Å²) in [5, 5.41) is 1.22. The van der Waals surface area contributed by atoms with Crippen LogP contribution in [0.5, 0.6) is 0 Å². The summed E-state index contributed by atoms with van der Waals surface area (Å²) < 4.78 is 7.29. The lowest BCUT2D eigenvalue weighted by Gasteiger charge is -2.07. The van der Waals surface area contributed by atoms with Crippen molar-refractivity contribution in [1.82, 2.24) is 4.57 Å². The molecule has 0 saturated heterocycles. The largest absolute Gasteiger partial charge is 0.466 e. The number of ether oxygens (including phenoxy) is 1. The minimum Gasteiger partial charge on any atom is -0.466 e. The minimum atomic E-state index is -0.149. The molecule has 0 bridgehead atoms. The molecule has 0 aliphatic rings. The van der Waals surface area contributed by atoms with E-state index in [1.54, 1.807) is 0 Å². The van der Waals surface area contributed by atoms with Gasteiger partial charge in [-0.2, -0.15) is 0 Å². The minimum absolute atomic E-state index is 0.149. The number of hydrogen-bond acceptors (Lipinski definition) is 3. The molecule has 0 amide bonds. The number of esters is 1. The Labute approximate surface area is 183 Å². The Bertz CT molecular complexity index is 1180. The lowest BCUT2D eigenvalue weighted by atomic mass is 10.0. The topological polar surface area (TPSA) is 57.2 Å². The van der Waals surface area contributed by atoms with Gasteiger partial charge in [-0.3, -0.25) is 4.79 Å². The van der Waals surface area contributed by atoms with Crippen molar-refractivity contribution in [3.05, 3.63) is 95.7 Å². The third-order valence-electron chi connectivity index (χ3n) is 5.55. The maximum Gasteiger partial charge on any atom is 0.306 e. The van der Waals surface area contributed by atoms with Gasteiger partial charge in [-0.1, -0.05) is 42.5 Å². The van der Waals surface area contributed by atoms with E-state index in [2.05, 4.69) is 59.3 Å². The second-order valence-corrected chi connectivity index (χ2v) is 7.76. The van der Waals surface area contributed by atoms with Gasteiger partial charge in [0.05, 0.1) is 12.1 Å². The molecule has 31 heavy (non-hydrogen) atoms. The molecule has 4 aromatic rings. The zero-order chi connectivity index (χ0) is 21.6. The molecule has 0 atom stereocenters. The molecule has 4 nitrogen and oxygen atoms in total. The van der Waals surface area contributed by atoms with Crippen LogP contribution in [-0.2, 0) is 28.8 Å². The van der Waals surface area contributed by atoms with Gasteiger partial charge in [0.15, 0.2) is 0 Å². The Kier molecular flexibility index (Phi) is 6.37. The first-order valence-corrected chi connectivity index (χ1v) is 10.8. The van der Waals surface area contributed by atoms with Gasteiger partial charge in [0, 0.05) is 29.4 Å². The molecule has 4 heteroatoms. The fourth-order valence-corrected chi connectivity index (χ4v) is 3.99. The van der Waals surface area contributed by atoms with Crippen molar-refractivity contribution in [2.75, 3.05) is 12.3 Å². The summed E-state index contributed by atoms with van der Waals surface area (Å²) in [6.45, 7) is 2.26. The molecule has 158 valence electrons. The predicted molar refractivity (Wildman–Crippen MR) is 126 cm³/mol. The first-order chi connectivity index (χ1) is 15.1. The summed E-state index contributed by atoms with van der Waals surface area (Å²) in [5.41, 5.74) is 12.7. The Balaban J connectivity index is 1.68. The molecule has 0 aliphatic heterocycles. The van der Waals surface area contributed by atoms with Gasteiger partial charge in [-0.05, 0) is 73.2 Å². The van der Waals surface area contributed by atoms with Crippen LogP contribution in [0.3, 0.4) is 0 Å². The third-order valence-corrected chi connectivity index (χ3v) is 5.55. The average molecular weight is 413 g/mol. The summed E-state index contributed by atoms with van der Waals surface area (Å²) in [4.78, 5) is 11.8. The van der Waals surface area contributed by atoms with Crippen molar-refractivity contribution in [2.24, 2.45) is 0 Å². The monoisotopic (exact) mass is 412 g/mol. The van der Waals surface area contributed by atoms with Gasteiger partial charge in [0.2, 0.25) is 0 Å². The number of nitrogens with two attached hydrogens (primary N) is 1. The Morgan fingerprint density at radius 2 is 1.74 bits per heavy atom. The highest BCUT2D eigenvalue weighted by Crippen LogP contribution is 2.28. The first-order valence-electron chi connectivity index (χ1n) is 10.8. The molecule has 0 aliphatic carbocycles. The van der Waals surface area contributed by atoms with Crippen LogP contribution >= 0.6 is 0 Å². The van der Waals surface area contributed by atoms with E-state index >= 15 is 0 Å². The second-order valence-electron chi connectivity index (χ2n) is 7.76. The summed E-state index contributed by atoms with van der Waals surface area (Å²) >= 11 is 0. The van der Waals surface area contributed by atoms with E-state index in [0.29, 0.717) is 19.4 Å². The van der Waals surface area contributed by atoms with Crippen LogP contribution < -0.4 is 5.73 Å². The molecule has 0 radical (unpaired) electrons. The smallest absolute Gasteiger partial charge is 0.306 e. The highest BCUT2D eigenvalue weighted by atomic mass is 16.5. The summed E-state index contributed by atoms with van der Waals surface area (Å²) in [6, 6.07) is 25.0. The van der Waals surface area contributed by atoms with E-state index in [-0.39, 0.29) is 5.97 Å². The van der Waals surface area contributed by atoms with E-state index in [1.165, 1.54) is 16.5 Å². The predicted octanol–water partition coefficient (Wildman–Crippen LogP) is 5.49. The number of anilines is 1. The molecule has 0 spiro atoms. The number of rotatable bonds is 8. The summed E-state index contributed by atoms with van der Waals surface area (Å²) in [7, 11) is 0. The molecule has 1 aromatic heterocycles. The van der Waals surface area contributed by atoms with E-state index in [9.17, 15) is 4.79 Å². The average Bonchev–Trinajstić information content (AvgIpc) is 3.15. The van der Waals surface area contributed by atoms with Crippen molar-refractivity contribution < 1.29 is 9.53 Å². The number of hydrogen-bond donors (Lipinski definition) is 1. The highest BCUT2D eigenvalue weighted by Gasteiger charge is 2.12. The molecule has 1 heterocycles. The van der Waals surface area contributed by atoms with Crippen molar-refractivity contribution >= 4 is 22.6 Å². The molecule has 0 saturated carbocycles. The third kappa shape index (κ3) is 4.97. The number of carbonyl (C=O) groups is 1. The zero-order valence-electron chi connectivity index (χ0n) is 17.9. The standard InChI is InChI=1S/C27H28N2O2/c1-2-31-27(30)16-13-21-12-15-26-25(17-21)22(14-11-20-7-4-3-5-8-20)19-29(26)24-10-6-9-23(28)18-24/h3-10,12,15,17-19H,2,11,13-14,16,28H2,1H3. The number of aromatic nitrogens is 1. The number of carbonyl (C=O) groups excluding carboxylic acids is 1. The second kappa shape index (κ2) is 9.52. The van der Waals surface area contributed by atoms with Crippen molar-refractivity contribution in [1.29, 1.82) is 0 Å². The van der Waals surface area contributed by atoms with E-state index in [4.69, 9.17) is 10.5 Å². The highest BCUT2D eigenvalue weighted by molar-refractivity contribution is 5.86. The number of nitrogens with zero attached hydrogens (tertiary/aromatic N) is 1. The van der Waals surface area contributed by atoms with Crippen LogP contribution in [0.2, 0.25) is 0 Å². The van der Waals surface area contributed by atoms with E-state index in [1.807, 2.05) is 31.2 Å². The van der Waals surface area contributed by atoms with Gasteiger partial charge >= 0.3 is 5.97 Å². The summed E-state index contributed by atoms with van der Waals surface area (Å²) in [5.74, 6) is -0.149. The molecule has 2 N–H and O–H groups in total. The van der Waals surface area contributed by atoms with Crippen LogP contribution in [0, 0.1) is 0 Å². The maximum absolute atomic E-state index is 11.8. The van der Waals surface area contributed by atoms with Crippen LogP contribution in [0.1, 0.15) is 30.0 Å². The number of fused-ring (bicyclic) bond motifs is 1. The summed E-state index contributed by atoms with van der Waals surface area (Å²) in [6.07, 6.45) is 5.21. The van der Waals surface area contributed by atoms with Crippen LogP contribution in [0.25, 0.3) is 16.6 Å². The molecular weight excluding hydrogens is 384 g/mol. The Hall–Kier alpha value is -3.53. The fraction of sp³-hybridized carbons (Fsp3) is 0.222. The van der Waals surface area contributed by atoms with Gasteiger partial charge in [-0.25, -0.2) is 0 Å². The van der Waals surface area contributed by atoms with Crippen LogP contribution in [-0.4, -0.2) is 17.1 Å². The van der Waals surface area contributed by atoms with E-state index < -0.39 is 0 Å². The Morgan fingerprint density at radius 3 is 2.52 bits per heavy atom. The van der Waals surface area contributed by atoms with Gasteiger partial charge in [-0.15, -0.1) is 0 Å². The lowest BCUT2D eigenvalue weighted by Crippen LogP contribution is -2.05. The Morgan fingerprint density at radius 1 is 0.903 bits per heavy atom. The zero-order valence-corrected chi connectivity index (χ0v) is 17.9. The quantitative estimate of drug-likeness (QED) is 0.307. The lowest BCUT2D eigenvalue weighted by molar-refractivity contribution is -0.143. The van der Waals surface area contributed by atoms with Gasteiger partial charge in [0.25, 0.3) is 0 Å². The number of aryl methyl sites for hydroxylation is 3. The number of nitrogen functional groups attached to an aromatic ring is 1. The molecule has 0 unspecified atom stereocenters. The molecule has 3 aromatic carbocycles. The normalized spacial score (nSPS) is 11.0. The molecule has 4 rings (SSSR count). The van der Waals surface area contributed by atoms with E-state index in [0.717, 1.165) is 35.3 Å². The van der Waals surface area contributed by atoms with Crippen molar-refractivity contribution in [3.63, 3.8) is 0 Å². The van der Waals surface area contributed by atoms with Crippen molar-refractivity contribution in [2.45, 2.75) is 32.6 Å². The fourth-order valence-electron chi connectivity index (χ4n) is 3.99. The molecule has 0 fully saturated rings. The first kappa shape index (κ1) is 20.7.